The highest BCUT2D eigenvalue weighted by Crippen LogP contribution is 2.14. The van der Waals surface area contributed by atoms with E-state index in [1.54, 1.807) is 10.9 Å². The third-order valence-electron chi connectivity index (χ3n) is 2.18. The molecule has 15 heavy (non-hydrogen) atoms. The fraction of sp³-hybridized carbons (Fsp3) is 0.667. The number of hydrogen-bond acceptors (Lipinski definition) is 4. The Morgan fingerprint density at radius 1 is 1.60 bits per heavy atom. The normalized spacial score (nSPS) is 14.1. The highest BCUT2D eigenvalue weighted by molar-refractivity contribution is 7.90. The van der Waals surface area contributed by atoms with Crippen LogP contribution in [0.1, 0.15) is 24.4 Å². The molecule has 0 spiro atoms. The third-order valence-corrected chi connectivity index (χ3v) is 3.21. The number of nitrogens with two attached hydrogens (primary N) is 1. The Balaban J connectivity index is 2.40. The van der Waals surface area contributed by atoms with Gasteiger partial charge in [-0.25, -0.2) is 8.42 Å². The molecule has 0 amide bonds. The first-order valence-corrected chi connectivity index (χ1v) is 6.86. The first-order valence-electron chi connectivity index (χ1n) is 4.80. The number of aromatic nitrogens is 2. The fourth-order valence-electron chi connectivity index (χ4n) is 1.36. The summed E-state index contributed by atoms with van der Waals surface area (Å²) in [6, 6.07) is -0.125. The van der Waals surface area contributed by atoms with Gasteiger partial charge in [-0.2, -0.15) is 5.10 Å². The van der Waals surface area contributed by atoms with Crippen molar-refractivity contribution in [3.63, 3.8) is 0 Å². The number of aryl methyl sites for hydroxylation is 1. The molecule has 0 aliphatic rings. The lowest BCUT2D eigenvalue weighted by atomic mass is 10.1. The van der Waals surface area contributed by atoms with Gasteiger partial charge in [0.25, 0.3) is 0 Å². The second-order valence-corrected chi connectivity index (χ2v) is 6.09. The van der Waals surface area contributed by atoms with E-state index >= 15 is 0 Å². The fourth-order valence-corrected chi connectivity index (χ4v) is 2.05. The lowest BCUT2D eigenvalue weighted by Gasteiger charge is -2.07. The summed E-state index contributed by atoms with van der Waals surface area (Å²) >= 11 is 0. The maximum Gasteiger partial charge on any atom is 0.147 e. The minimum absolute atomic E-state index is 0.125. The third kappa shape index (κ3) is 4.44. The Morgan fingerprint density at radius 3 is 2.73 bits per heavy atom. The minimum atomic E-state index is -2.87. The molecule has 0 saturated carbocycles. The van der Waals surface area contributed by atoms with Gasteiger partial charge in [-0.1, -0.05) is 0 Å². The van der Waals surface area contributed by atoms with Crippen molar-refractivity contribution >= 4 is 9.84 Å². The predicted molar refractivity (Wildman–Crippen MR) is 59.1 cm³/mol. The molecule has 0 fully saturated rings. The average Bonchev–Trinajstić information content (AvgIpc) is 2.49. The number of hydrogen-bond donors (Lipinski definition) is 1. The van der Waals surface area contributed by atoms with E-state index in [-0.39, 0.29) is 11.8 Å². The summed E-state index contributed by atoms with van der Waals surface area (Å²) in [6.45, 7) is 0. The molecular formula is C9H17N3O2S. The van der Waals surface area contributed by atoms with Crippen LogP contribution in [0.25, 0.3) is 0 Å². The molecule has 0 radical (unpaired) electrons. The topological polar surface area (TPSA) is 78.0 Å². The molecule has 0 aromatic carbocycles. The lowest BCUT2D eigenvalue weighted by molar-refractivity contribution is 0.588. The first-order chi connectivity index (χ1) is 6.88. The van der Waals surface area contributed by atoms with Gasteiger partial charge in [-0.3, -0.25) is 4.68 Å². The van der Waals surface area contributed by atoms with Gasteiger partial charge in [0.2, 0.25) is 0 Å². The van der Waals surface area contributed by atoms with Gasteiger partial charge >= 0.3 is 0 Å². The van der Waals surface area contributed by atoms with Gasteiger partial charge in [0.15, 0.2) is 0 Å². The zero-order valence-electron chi connectivity index (χ0n) is 9.05. The van der Waals surface area contributed by atoms with E-state index in [0.717, 1.165) is 5.56 Å². The SMILES string of the molecule is Cn1cc(C(N)CCCS(C)(=O)=O)cn1. The minimum Gasteiger partial charge on any atom is -0.324 e. The van der Waals surface area contributed by atoms with E-state index in [9.17, 15) is 8.42 Å². The highest BCUT2D eigenvalue weighted by atomic mass is 32.2. The van der Waals surface area contributed by atoms with Gasteiger partial charge < -0.3 is 5.73 Å². The molecule has 1 aromatic rings. The Hall–Kier alpha value is -0.880. The first kappa shape index (κ1) is 12.2. The van der Waals surface area contributed by atoms with E-state index < -0.39 is 9.84 Å². The standard InChI is InChI=1S/C9H17N3O2S/c1-12-7-8(6-11-12)9(10)4-3-5-15(2,13)14/h6-7,9H,3-5,10H2,1-2H3. The Labute approximate surface area is 90.2 Å². The molecule has 1 atom stereocenters. The van der Waals surface area contributed by atoms with Crippen molar-refractivity contribution in [1.29, 1.82) is 0 Å². The van der Waals surface area contributed by atoms with Crippen molar-refractivity contribution < 1.29 is 8.42 Å². The molecule has 5 nitrogen and oxygen atoms in total. The van der Waals surface area contributed by atoms with Crippen LogP contribution < -0.4 is 5.73 Å². The van der Waals surface area contributed by atoms with Crippen LogP contribution in [-0.4, -0.2) is 30.2 Å². The molecule has 1 heterocycles. The van der Waals surface area contributed by atoms with E-state index in [1.165, 1.54) is 6.26 Å². The molecule has 2 N–H and O–H groups in total. The van der Waals surface area contributed by atoms with Crippen LogP contribution in [0.2, 0.25) is 0 Å². The van der Waals surface area contributed by atoms with Crippen molar-refractivity contribution in [2.24, 2.45) is 12.8 Å². The van der Waals surface area contributed by atoms with Crippen LogP contribution in [0, 0.1) is 0 Å². The van der Waals surface area contributed by atoms with Crippen LogP contribution >= 0.6 is 0 Å². The summed E-state index contributed by atoms with van der Waals surface area (Å²) in [5.74, 6) is 0.195. The quantitative estimate of drug-likeness (QED) is 0.787. The molecule has 0 saturated heterocycles. The molecule has 6 heteroatoms. The summed E-state index contributed by atoms with van der Waals surface area (Å²) in [5, 5.41) is 4.01. The van der Waals surface area contributed by atoms with Crippen molar-refractivity contribution in [3.8, 4) is 0 Å². The van der Waals surface area contributed by atoms with Crippen LogP contribution in [0.5, 0.6) is 0 Å². The summed E-state index contributed by atoms with van der Waals surface area (Å²) in [7, 11) is -1.05. The smallest absolute Gasteiger partial charge is 0.147 e. The number of sulfone groups is 1. The number of nitrogens with zero attached hydrogens (tertiary/aromatic N) is 2. The van der Waals surface area contributed by atoms with Crippen molar-refractivity contribution in [2.75, 3.05) is 12.0 Å². The van der Waals surface area contributed by atoms with Gasteiger partial charge in [-0.15, -0.1) is 0 Å². The van der Waals surface area contributed by atoms with Gasteiger partial charge in [-0.05, 0) is 12.8 Å². The van der Waals surface area contributed by atoms with Crippen molar-refractivity contribution in [3.05, 3.63) is 18.0 Å². The monoisotopic (exact) mass is 231 g/mol. The van der Waals surface area contributed by atoms with E-state index in [4.69, 9.17) is 5.73 Å². The van der Waals surface area contributed by atoms with Crippen LogP contribution in [-0.2, 0) is 16.9 Å². The number of rotatable bonds is 5. The maximum absolute atomic E-state index is 10.9. The maximum atomic E-state index is 10.9. The predicted octanol–water partition coefficient (Wildman–Crippen LogP) is 0.245. The molecule has 1 aromatic heterocycles. The molecule has 86 valence electrons. The molecule has 1 rings (SSSR count). The van der Waals surface area contributed by atoms with Gasteiger partial charge in [0.05, 0.1) is 6.20 Å². The van der Waals surface area contributed by atoms with E-state index in [2.05, 4.69) is 5.10 Å². The Kier molecular flexibility index (Phi) is 3.87. The average molecular weight is 231 g/mol. The molecule has 1 unspecified atom stereocenters. The summed E-state index contributed by atoms with van der Waals surface area (Å²) < 4.78 is 23.5. The van der Waals surface area contributed by atoms with Crippen LogP contribution in [0.15, 0.2) is 12.4 Å². The Bertz CT molecular complexity index is 411. The second kappa shape index (κ2) is 4.76. The molecule has 0 bridgehead atoms. The molecule has 0 aliphatic heterocycles. The molecular weight excluding hydrogens is 214 g/mol. The highest BCUT2D eigenvalue weighted by Gasteiger charge is 2.09. The summed E-state index contributed by atoms with van der Waals surface area (Å²) in [5.41, 5.74) is 6.84. The van der Waals surface area contributed by atoms with Crippen molar-refractivity contribution in [2.45, 2.75) is 18.9 Å². The summed E-state index contributed by atoms with van der Waals surface area (Å²) in [4.78, 5) is 0. The Morgan fingerprint density at radius 2 is 2.27 bits per heavy atom. The lowest BCUT2D eigenvalue weighted by Crippen LogP contribution is -2.12. The second-order valence-electron chi connectivity index (χ2n) is 3.83. The van der Waals surface area contributed by atoms with Gasteiger partial charge in [0.1, 0.15) is 9.84 Å². The molecule has 0 aliphatic carbocycles. The summed E-state index contributed by atoms with van der Waals surface area (Å²) in [6.07, 6.45) is 6.06. The van der Waals surface area contributed by atoms with E-state index in [0.29, 0.717) is 12.8 Å². The van der Waals surface area contributed by atoms with Crippen LogP contribution in [0.3, 0.4) is 0 Å². The van der Waals surface area contributed by atoms with Gasteiger partial charge in [0, 0.05) is 36.9 Å². The van der Waals surface area contributed by atoms with Crippen LogP contribution in [0.4, 0.5) is 0 Å². The van der Waals surface area contributed by atoms with Crippen molar-refractivity contribution in [1.82, 2.24) is 9.78 Å². The zero-order valence-corrected chi connectivity index (χ0v) is 9.87. The zero-order chi connectivity index (χ0) is 11.5. The van der Waals surface area contributed by atoms with E-state index in [1.807, 2.05) is 13.2 Å². The largest absolute Gasteiger partial charge is 0.324 e.